The first kappa shape index (κ1) is 11.1. The zero-order valence-corrected chi connectivity index (χ0v) is 9.82. The van der Waals surface area contributed by atoms with Crippen molar-refractivity contribution in [1.82, 2.24) is 10.1 Å². The first-order chi connectivity index (χ1) is 7.52. The Morgan fingerprint density at radius 3 is 2.81 bits per heavy atom. The zero-order valence-electron chi connectivity index (χ0n) is 9.82. The van der Waals surface area contributed by atoms with Gasteiger partial charge in [0.2, 0.25) is 5.89 Å². The fourth-order valence-corrected chi connectivity index (χ4v) is 2.13. The Bertz CT molecular complexity index is 390. The van der Waals surface area contributed by atoms with Crippen LogP contribution in [0.1, 0.15) is 56.0 Å². The van der Waals surface area contributed by atoms with Gasteiger partial charge in [0.1, 0.15) is 0 Å². The van der Waals surface area contributed by atoms with E-state index in [-0.39, 0.29) is 5.82 Å². The SMILES string of the molecule is CCOC(=O)c1noc(C2CC(C)(C)C2)n1. The highest BCUT2D eigenvalue weighted by molar-refractivity contribution is 5.84. The minimum absolute atomic E-state index is 0.0292. The molecule has 0 unspecified atom stereocenters. The summed E-state index contributed by atoms with van der Waals surface area (Å²) >= 11 is 0. The van der Waals surface area contributed by atoms with Crippen molar-refractivity contribution in [2.75, 3.05) is 6.61 Å². The van der Waals surface area contributed by atoms with Crippen LogP contribution < -0.4 is 0 Å². The van der Waals surface area contributed by atoms with Crippen LogP contribution in [0.2, 0.25) is 0 Å². The minimum atomic E-state index is -0.518. The van der Waals surface area contributed by atoms with Crippen LogP contribution in [0.4, 0.5) is 0 Å². The molecule has 1 aliphatic rings. The molecule has 5 heteroatoms. The monoisotopic (exact) mass is 224 g/mol. The van der Waals surface area contributed by atoms with E-state index in [9.17, 15) is 4.79 Å². The van der Waals surface area contributed by atoms with Gasteiger partial charge >= 0.3 is 5.97 Å². The molecule has 1 aromatic rings. The van der Waals surface area contributed by atoms with Crippen LogP contribution in [0.3, 0.4) is 0 Å². The summed E-state index contributed by atoms with van der Waals surface area (Å²) in [5.41, 5.74) is 0.350. The summed E-state index contributed by atoms with van der Waals surface area (Å²) in [5, 5.41) is 3.62. The molecule has 0 amide bonds. The molecule has 1 heterocycles. The van der Waals surface area contributed by atoms with Gasteiger partial charge in [-0.2, -0.15) is 4.98 Å². The second-order valence-corrected chi connectivity index (χ2v) is 4.95. The predicted molar refractivity (Wildman–Crippen MR) is 56.0 cm³/mol. The normalized spacial score (nSPS) is 19.2. The summed E-state index contributed by atoms with van der Waals surface area (Å²) in [6, 6.07) is 0. The topological polar surface area (TPSA) is 65.2 Å². The maximum Gasteiger partial charge on any atom is 0.379 e. The number of hydrogen-bond acceptors (Lipinski definition) is 5. The van der Waals surface area contributed by atoms with Gasteiger partial charge in [0.15, 0.2) is 0 Å². The average Bonchev–Trinajstić information content (AvgIpc) is 2.62. The van der Waals surface area contributed by atoms with Gasteiger partial charge in [0.05, 0.1) is 6.61 Å². The van der Waals surface area contributed by atoms with Gasteiger partial charge in [0, 0.05) is 5.92 Å². The van der Waals surface area contributed by atoms with Crippen molar-refractivity contribution in [3.05, 3.63) is 11.7 Å². The third-order valence-corrected chi connectivity index (χ3v) is 2.85. The molecule has 88 valence electrons. The average molecular weight is 224 g/mol. The van der Waals surface area contributed by atoms with Gasteiger partial charge < -0.3 is 9.26 Å². The molecule has 0 N–H and O–H groups in total. The first-order valence-electron chi connectivity index (χ1n) is 5.52. The van der Waals surface area contributed by atoms with E-state index in [1.165, 1.54) is 0 Å². The van der Waals surface area contributed by atoms with E-state index in [2.05, 4.69) is 24.0 Å². The molecule has 0 radical (unpaired) electrons. The highest BCUT2D eigenvalue weighted by Crippen LogP contribution is 2.49. The summed E-state index contributed by atoms with van der Waals surface area (Å²) < 4.78 is 9.86. The van der Waals surface area contributed by atoms with Crippen LogP contribution in [0, 0.1) is 5.41 Å². The van der Waals surface area contributed by atoms with Crippen molar-refractivity contribution < 1.29 is 14.1 Å². The fraction of sp³-hybridized carbons (Fsp3) is 0.727. The van der Waals surface area contributed by atoms with Gasteiger partial charge in [-0.1, -0.05) is 13.8 Å². The Kier molecular flexibility index (Phi) is 2.69. The van der Waals surface area contributed by atoms with Gasteiger partial charge in [-0.05, 0) is 30.3 Å². The molecule has 0 atom stereocenters. The maximum absolute atomic E-state index is 11.3. The Hall–Kier alpha value is -1.39. The predicted octanol–water partition coefficient (Wildman–Crippen LogP) is 2.15. The molecular formula is C11H16N2O3. The standard InChI is InChI=1S/C11H16N2O3/c1-4-15-10(14)8-12-9(16-13-8)7-5-11(2,3)6-7/h7H,4-6H2,1-3H3. The third kappa shape index (κ3) is 2.08. The van der Waals surface area contributed by atoms with Crippen molar-refractivity contribution in [3.8, 4) is 0 Å². The molecule has 16 heavy (non-hydrogen) atoms. The number of carbonyl (C=O) groups excluding carboxylic acids is 1. The van der Waals surface area contributed by atoms with E-state index < -0.39 is 5.97 Å². The van der Waals surface area contributed by atoms with Crippen LogP contribution in [-0.2, 0) is 4.74 Å². The van der Waals surface area contributed by atoms with Crippen LogP contribution in [-0.4, -0.2) is 22.7 Å². The number of carbonyl (C=O) groups is 1. The number of ether oxygens (including phenoxy) is 1. The lowest BCUT2D eigenvalue weighted by atomic mass is 9.64. The molecule has 2 rings (SSSR count). The van der Waals surface area contributed by atoms with Gasteiger partial charge in [0.25, 0.3) is 5.82 Å². The van der Waals surface area contributed by atoms with Crippen LogP contribution in [0.15, 0.2) is 4.52 Å². The lowest BCUT2D eigenvalue weighted by Crippen LogP contribution is -2.30. The maximum atomic E-state index is 11.3. The van der Waals surface area contributed by atoms with Crippen LogP contribution in [0.25, 0.3) is 0 Å². The summed E-state index contributed by atoms with van der Waals surface area (Å²) in [6.45, 7) is 6.46. The molecule has 0 aliphatic heterocycles. The van der Waals surface area contributed by atoms with Crippen LogP contribution in [0.5, 0.6) is 0 Å². The summed E-state index contributed by atoms with van der Waals surface area (Å²) in [6.07, 6.45) is 2.05. The molecule has 1 fully saturated rings. The molecule has 0 spiro atoms. The van der Waals surface area contributed by atoms with E-state index in [1.807, 2.05) is 0 Å². The van der Waals surface area contributed by atoms with Gasteiger partial charge in [-0.25, -0.2) is 4.79 Å². The quantitative estimate of drug-likeness (QED) is 0.736. The Morgan fingerprint density at radius 2 is 2.25 bits per heavy atom. The molecule has 1 aromatic heterocycles. The number of rotatable bonds is 3. The van der Waals surface area contributed by atoms with Crippen molar-refractivity contribution in [2.45, 2.75) is 39.5 Å². The number of hydrogen-bond donors (Lipinski definition) is 0. The van der Waals surface area contributed by atoms with Crippen molar-refractivity contribution >= 4 is 5.97 Å². The fourth-order valence-electron chi connectivity index (χ4n) is 2.13. The Morgan fingerprint density at radius 1 is 1.56 bits per heavy atom. The van der Waals surface area contributed by atoms with Crippen molar-refractivity contribution in [1.29, 1.82) is 0 Å². The third-order valence-electron chi connectivity index (χ3n) is 2.85. The molecule has 1 aliphatic carbocycles. The Labute approximate surface area is 94.2 Å². The van der Waals surface area contributed by atoms with E-state index in [0.29, 0.717) is 23.8 Å². The molecular weight excluding hydrogens is 208 g/mol. The van der Waals surface area contributed by atoms with Crippen molar-refractivity contribution in [3.63, 3.8) is 0 Å². The summed E-state index contributed by atoms with van der Waals surface area (Å²) in [5.74, 6) is 0.366. The molecule has 0 aromatic carbocycles. The number of aromatic nitrogens is 2. The highest BCUT2D eigenvalue weighted by Gasteiger charge is 2.40. The number of nitrogens with zero attached hydrogens (tertiary/aromatic N) is 2. The van der Waals surface area contributed by atoms with Crippen LogP contribution >= 0.6 is 0 Å². The lowest BCUT2D eigenvalue weighted by molar-refractivity contribution is 0.0508. The summed E-state index contributed by atoms with van der Waals surface area (Å²) in [4.78, 5) is 15.4. The first-order valence-corrected chi connectivity index (χ1v) is 5.52. The van der Waals surface area contributed by atoms with E-state index in [4.69, 9.17) is 9.26 Å². The second-order valence-electron chi connectivity index (χ2n) is 4.95. The van der Waals surface area contributed by atoms with Gasteiger partial charge in [-0.15, -0.1) is 0 Å². The Balaban J connectivity index is 2.01. The van der Waals surface area contributed by atoms with E-state index in [1.54, 1.807) is 6.92 Å². The zero-order chi connectivity index (χ0) is 11.8. The molecule has 0 saturated heterocycles. The minimum Gasteiger partial charge on any atom is -0.460 e. The molecule has 1 saturated carbocycles. The second kappa shape index (κ2) is 3.88. The number of esters is 1. The largest absolute Gasteiger partial charge is 0.460 e. The molecule has 0 bridgehead atoms. The van der Waals surface area contributed by atoms with Crippen molar-refractivity contribution in [2.24, 2.45) is 5.41 Å². The van der Waals surface area contributed by atoms with E-state index in [0.717, 1.165) is 12.8 Å². The lowest BCUT2D eigenvalue weighted by Gasteiger charge is -2.40. The highest BCUT2D eigenvalue weighted by atomic mass is 16.5. The van der Waals surface area contributed by atoms with Gasteiger partial charge in [-0.3, -0.25) is 0 Å². The summed E-state index contributed by atoms with van der Waals surface area (Å²) in [7, 11) is 0. The van der Waals surface area contributed by atoms with E-state index >= 15 is 0 Å². The molecule has 5 nitrogen and oxygen atoms in total. The smallest absolute Gasteiger partial charge is 0.379 e.